The van der Waals surface area contributed by atoms with Crippen LogP contribution in [0.4, 0.5) is 0 Å². The van der Waals surface area contributed by atoms with Crippen LogP contribution in [-0.4, -0.2) is 22.6 Å². The van der Waals surface area contributed by atoms with Crippen LogP contribution in [0.2, 0.25) is 0 Å². The molecule has 6 heteroatoms. The number of sulfonamides is 1. The molecule has 2 rings (SSSR count). The van der Waals surface area contributed by atoms with Gasteiger partial charge in [0.2, 0.25) is 10.0 Å². The lowest BCUT2D eigenvalue weighted by Crippen LogP contribution is -2.23. The van der Waals surface area contributed by atoms with E-state index in [4.69, 9.17) is 9.47 Å². The minimum Gasteiger partial charge on any atom is -0.497 e. The number of rotatable bonds is 7. The maximum Gasteiger partial charge on any atom is 0.240 e. The highest BCUT2D eigenvalue weighted by Gasteiger charge is 2.14. The van der Waals surface area contributed by atoms with Crippen LogP contribution >= 0.6 is 0 Å². The highest BCUT2D eigenvalue weighted by molar-refractivity contribution is 7.89. The van der Waals surface area contributed by atoms with Crippen LogP contribution in [0.25, 0.3) is 0 Å². The van der Waals surface area contributed by atoms with Crippen LogP contribution in [0.5, 0.6) is 11.5 Å². The Hall–Kier alpha value is -2.05. The fourth-order valence-electron chi connectivity index (χ4n) is 2.23. The normalized spacial score (nSPS) is 11.3. The Morgan fingerprint density at radius 3 is 2.26 bits per heavy atom. The average Bonchev–Trinajstić information content (AvgIpc) is 2.59. The van der Waals surface area contributed by atoms with Crippen LogP contribution in [0.3, 0.4) is 0 Å². The topological polar surface area (TPSA) is 64.6 Å². The summed E-state index contributed by atoms with van der Waals surface area (Å²) in [4.78, 5) is 0.211. The first-order valence-electron chi connectivity index (χ1n) is 7.29. The summed E-state index contributed by atoms with van der Waals surface area (Å²) in [5.41, 5.74) is 1.94. The summed E-state index contributed by atoms with van der Waals surface area (Å²) in [5.74, 6) is 1.43. The first-order chi connectivity index (χ1) is 11.0. The van der Waals surface area contributed by atoms with Crippen LogP contribution < -0.4 is 14.2 Å². The molecule has 2 aromatic carbocycles. The minimum absolute atomic E-state index is 0.211. The molecule has 0 aromatic heterocycles. The third kappa shape index (κ3) is 4.24. The van der Waals surface area contributed by atoms with Crippen LogP contribution in [0.15, 0.2) is 47.4 Å². The largest absolute Gasteiger partial charge is 0.497 e. The second-order valence-corrected chi connectivity index (χ2v) is 6.77. The van der Waals surface area contributed by atoms with Gasteiger partial charge >= 0.3 is 0 Å². The van der Waals surface area contributed by atoms with E-state index < -0.39 is 10.0 Å². The van der Waals surface area contributed by atoms with Gasteiger partial charge in [-0.3, -0.25) is 0 Å². The molecule has 0 aliphatic rings. The van der Waals surface area contributed by atoms with Crippen molar-refractivity contribution in [2.75, 3.05) is 14.2 Å². The average molecular weight is 335 g/mol. The van der Waals surface area contributed by atoms with E-state index in [1.807, 2.05) is 25.1 Å². The van der Waals surface area contributed by atoms with E-state index >= 15 is 0 Å². The van der Waals surface area contributed by atoms with Gasteiger partial charge in [0.15, 0.2) is 0 Å². The van der Waals surface area contributed by atoms with Crippen molar-refractivity contribution >= 4 is 10.0 Å². The molecular formula is C17H21NO4S. The van der Waals surface area contributed by atoms with E-state index in [9.17, 15) is 8.42 Å². The molecule has 0 aliphatic carbocycles. The van der Waals surface area contributed by atoms with Crippen molar-refractivity contribution in [3.63, 3.8) is 0 Å². The first kappa shape index (κ1) is 17.3. The zero-order valence-electron chi connectivity index (χ0n) is 13.5. The van der Waals surface area contributed by atoms with Crippen molar-refractivity contribution in [2.24, 2.45) is 0 Å². The predicted molar refractivity (Wildman–Crippen MR) is 89.4 cm³/mol. The highest BCUT2D eigenvalue weighted by atomic mass is 32.2. The SMILES string of the molecule is CCc1cc(CNS(=O)(=O)c2ccc(OC)cc2)ccc1OC. The maximum absolute atomic E-state index is 12.3. The fourth-order valence-corrected chi connectivity index (χ4v) is 3.25. The Kier molecular flexibility index (Phi) is 5.63. The lowest BCUT2D eigenvalue weighted by molar-refractivity contribution is 0.410. The van der Waals surface area contributed by atoms with Gasteiger partial charge in [-0.15, -0.1) is 0 Å². The molecule has 0 bridgehead atoms. The van der Waals surface area contributed by atoms with E-state index in [-0.39, 0.29) is 11.4 Å². The molecule has 0 saturated carbocycles. The molecule has 23 heavy (non-hydrogen) atoms. The van der Waals surface area contributed by atoms with Gasteiger partial charge in [-0.05, 0) is 47.9 Å². The minimum atomic E-state index is -3.56. The maximum atomic E-state index is 12.3. The summed E-state index contributed by atoms with van der Waals surface area (Å²) >= 11 is 0. The fraction of sp³-hybridized carbons (Fsp3) is 0.294. The van der Waals surface area contributed by atoms with Crippen molar-refractivity contribution in [2.45, 2.75) is 24.8 Å². The molecule has 2 aromatic rings. The van der Waals surface area contributed by atoms with Crippen LogP contribution in [0, 0.1) is 0 Å². The Labute approximate surface area is 137 Å². The molecule has 0 spiro atoms. The molecule has 0 aliphatic heterocycles. The van der Waals surface area contributed by atoms with E-state index in [0.29, 0.717) is 5.75 Å². The molecule has 0 amide bonds. The summed E-state index contributed by atoms with van der Waals surface area (Å²) in [5, 5.41) is 0. The van der Waals surface area contributed by atoms with Crippen LogP contribution in [-0.2, 0) is 23.0 Å². The third-order valence-corrected chi connectivity index (χ3v) is 4.98. The quantitative estimate of drug-likeness (QED) is 0.845. The monoisotopic (exact) mass is 335 g/mol. The second-order valence-electron chi connectivity index (χ2n) is 5.00. The number of hydrogen-bond donors (Lipinski definition) is 1. The van der Waals surface area contributed by atoms with Gasteiger partial charge in [-0.2, -0.15) is 0 Å². The van der Waals surface area contributed by atoms with Gasteiger partial charge in [-0.1, -0.05) is 19.1 Å². The lowest BCUT2D eigenvalue weighted by Gasteiger charge is -2.11. The smallest absolute Gasteiger partial charge is 0.240 e. The van der Waals surface area contributed by atoms with Crippen LogP contribution in [0.1, 0.15) is 18.1 Å². The number of nitrogens with one attached hydrogen (secondary N) is 1. The molecule has 1 N–H and O–H groups in total. The first-order valence-corrected chi connectivity index (χ1v) is 8.78. The summed E-state index contributed by atoms with van der Waals surface area (Å²) in [7, 11) is -0.392. The van der Waals surface area contributed by atoms with E-state index in [1.54, 1.807) is 19.2 Å². The number of benzene rings is 2. The van der Waals surface area contributed by atoms with Gasteiger partial charge in [-0.25, -0.2) is 13.1 Å². The van der Waals surface area contributed by atoms with Crippen molar-refractivity contribution in [1.29, 1.82) is 0 Å². The van der Waals surface area contributed by atoms with Crippen molar-refractivity contribution in [3.05, 3.63) is 53.6 Å². The van der Waals surface area contributed by atoms with Gasteiger partial charge in [0.25, 0.3) is 0 Å². The van der Waals surface area contributed by atoms with E-state index in [1.165, 1.54) is 19.2 Å². The Morgan fingerprint density at radius 2 is 1.70 bits per heavy atom. The second kappa shape index (κ2) is 7.48. The number of hydrogen-bond acceptors (Lipinski definition) is 4. The molecule has 0 saturated heterocycles. The molecule has 0 radical (unpaired) electrons. The summed E-state index contributed by atoms with van der Waals surface area (Å²) < 4.78 is 37.5. The molecule has 0 fully saturated rings. The van der Waals surface area contributed by atoms with Gasteiger partial charge in [0.05, 0.1) is 19.1 Å². The lowest BCUT2D eigenvalue weighted by atomic mass is 10.1. The van der Waals surface area contributed by atoms with E-state index in [0.717, 1.165) is 23.3 Å². The number of aryl methyl sites for hydroxylation is 1. The van der Waals surface area contributed by atoms with Gasteiger partial charge in [0.1, 0.15) is 11.5 Å². The third-order valence-electron chi connectivity index (χ3n) is 3.56. The van der Waals surface area contributed by atoms with Crippen molar-refractivity contribution in [1.82, 2.24) is 4.72 Å². The number of methoxy groups -OCH3 is 2. The van der Waals surface area contributed by atoms with E-state index in [2.05, 4.69) is 4.72 Å². The molecule has 0 unspecified atom stereocenters. The summed E-state index contributed by atoms with van der Waals surface area (Å²) in [6.45, 7) is 2.26. The Bertz CT molecular complexity index is 755. The Morgan fingerprint density at radius 1 is 1.00 bits per heavy atom. The summed E-state index contributed by atoms with van der Waals surface area (Å²) in [6.07, 6.45) is 0.822. The zero-order chi connectivity index (χ0) is 16.9. The molecule has 5 nitrogen and oxygen atoms in total. The zero-order valence-corrected chi connectivity index (χ0v) is 14.3. The standard InChI is InChI=1S/C17H21NO4S/c1-4-14-11-13(5-10-17(14)22-3)12-18-23(19,20)16-8-6-15(21-2)7-9-16/h5-11,18H,4,12H2,1-3H3. The predicted octanol–water partition coefficient (Wildman–Crippen LogP) is 2.74. The molecular weight excluding hydrogens is 314 g/mol. The summed E-state index contributed by atoms with van der Waals surface area (Å²) in [6, 6.07) is 12.0. The molecule has 0 atom stereocenters. The van der Waals surface area contributed by atoms with Gasteiger partial charge in [0, 0.05) is 6.54 Å². The molecule has 124 valence electrons. The van der Waals surface area contributed by atoms with Crippen molar-refractivity contribution in [3.8, 4) is 11.5 Å². The Balaban J connectivity index is 2.12. The van der Waals surface area contributed by atoms with Crippen molar-refractivity contribution < 1.29 is 17.9 Å². The van der Waals surface area contributed by atoms with Gasteiger partial charge < -0.3 is 9.47 Å². The number of ether oxygens (including phenoxy) is 2. The molecule has 0 heterocycles. The highest BCUT2D eigenvalue weighted by Crippen LogP contribution is 2.21.